The molecule has 2 aliphatic rings. The van der Waals surface area contributed by atoms with Crippen molar-refractivity contribution >= 4 is 39.0 Å². The lowest BCUT2D eigenvalue weighted by Crippen LogP contribution is -2.64. The summed E-state index contributed by atoms with van der Waals surface area (Å²) in [5, 5.41) is -0.447. The van der Waals surface area contributed by atoms with E-state index in [-0.39, 0.29) is 12.5 Å². The van der Waals surface area contributed by atoms with E-state index < -0.39 is 38.1 Å². The number of carbonyl (C=O) groups excluding carboxylic acids is 2. The van der Waals surface area contributed by atoms with E-state index in [4.69, 9.17) is 4.74 Å². The van der Waals surface area contributed by atoms with Gasteiger partial charge in [0.15, 0.2) is 15.6 Å². The van der Waals surface area contributed by atoms with Crippen LogP contribution in [0.15, 0.2) is 30.3 Å². The Kier molecular flexibility index (Phi) is 3.99. The van der Waals surface area contributed by atoms with Crippen molar-refractivity contribution in [1.29, 1.82) is 0 Å². The molecule has 3 rings (SSSR count). The van der Waals surface area contributed by atoms with Crippen LogP contribution in [0.2, 0.25) is 0 Å². The summed E-state index contributed by atoms with van der Waals surface area (Å²) in [6, 6.07) is 8.52. The van der Waals surface area contributed by atoms with Gasteiger partial charge in [0.05, 0.1) is 0 Å². The summed E-state index contributed by atoms with van der Waals surface area (Å²) in [6.07, 6.45) is 0. The van der Waals surface area contributed by atoms with Crippen LogP contribution < -0.4 is 0 Å². The van der Waals surface area contributed by atoms with E-state index in [0.29, 0.717) is 0 Å². The predicted molar refractivity (Wildman–Crippen MR) is 85.6 cm³/mol. The number of rotatable bonds is 3. The number of benzene rings is 1. The second-order valence-electron chi connectivity index (χ2n) is 5.93. The molecule has 0 aliphatic carbocycles. The average molecular weight is 386 g/mol. The van der Waals surface area contributed by atoms with Crippen LogP contribution in [0.4, 0.5) is 0 Å². The number of fused-ring (bicyclic) bond motifs is 1. The van der Waals surface area contributed by atoms with Gasteiger partial charge >= 0.3 is 5.97 Å². The number of ether oxygens (including phenoxy) is 1. The summed E-state index contributed by atoms with van der Waals surface area (Å²) in [5.41, 5.74) is 0.873. The lowest BCUT2D eigenvalue weighted by atomic mass is 9.98. The van der Waals surface area contributed by atoms with Gasteiger partial charge in [-0.25, -0.2) is 4.79 Å². The molecule has 2 saturated heterocycles. The number of esters is 1. The van der Waals surface area contributed by atoms with Crippen LogP contribution in [-0.2, 0) is 32.1 Å². The van der Waals surface area contributed by atoms with Crippen molar-refractivity contribution in [3.05, 3.63) is 35.9 Å². The Hall–Kier alpha value is -1.05. The first-order valence-corrected chi connectivity index (χ1v) is 9.06. The Labute approximate surface area is 140 Å². The molecule has 0 saturated carbocycles. The molecule has 2 heterocycles. The number of nitrogens with zero attached hydrogens (tertiary/aromatic N) is 1. The highest BCUT2D eigenvalue weighted by Crippen LogP contribution is 2.48. The lowest BCUT2D eigenvalue weighted by molar-refractivity contribution is -0.161. The lowest BCUT2D eigenvalue weighted by Gasteiger charge is -2.38. The zero-order chi connectivity index (χ0) is 16.1. The molecule has 5 nitrogen and oxygen atoms in total. The van der Waals surface area contributed by atoms with E-state index >= 15 is 0 Å². The molecule has 2 fully saturated rings. The third-order valence-corrected chi connectivity index (χ3v) is 7.58. The summed E-state index contributed by atoms with van der Waals surface area (Å²) < 4.78 is 17.0. The highest BCUT2D eigenvalue weighted by molar-refractivity contribution is 9.10. The molecule has 7 heteroatoms. The van der Waals surface area contributed by atoms with Gasteiger partial charge < -0.3 is 9.29 Å². The number of β-lactam (4-membered cyclic amide) rings is 1. The fourth-order valence-electron chi connectivity index (χ4n) is 2.90. The van der Waals surface area contributed by atoms with Gasteiger partial charge in [-0.2, -0.15) is 0 Å². The minimum Gasteiger partial charge on any atom is -0.614 e. The van der Waals surface area contributed by atoms with Crippen LogP contribution in [0.1, 0.15) is 19.4 Å². The summed E-state index contributed by atoms with van der Waals surface area (Å²) in [4.78, 5) is 25.4. The number of carbonyl (C=O) groups is 2. The van der Waals surface area contributed by atoms with Crippen LogP contribution in [0.5, 0.6) is 0 Å². The van der Waals surface area contributed by atoms with Crippen LogP contribution in [-0.4, -0.2) is 42.3 Å². The molecular weight excluding hydrogens is 370 g/mol. The first-order valence-electron chi connectivity index (χ1n) is 6.93. The molecule has 118 valence electrons. The van der Waals surface area contributed by atoms with E-state index in [2.05, 4.69) is 15.9 Å². The molecular formula is C15H16BrNO4S. The van der Waals surface area contributed by atoms with Crippen LogP contribution in [0.25, 0.3) is 0 Å². The first kappa shape index (κ1) is 15.8. The van der Waals surface area contributed by atoms with Crippen LogP contribution in [0, 0.1) is 0 Å². The Morgan fingerprint density at radius 2 is 2.05 bits per heavy atom. The van der Waals surface area contributed by atoms with Crippen molar-refractivity contribution in [3.8, 4) is 0 Å². The zero-order valence-electron chi connectivity index (χ0n) is 12.2. The van der Waals surface area contributed by atoms with Gasteiger partial charge in [-0.05, 0) is 30.6 Å². The maximum absolute atomic E-state index is 12.5. The van der Waals surface area contributed by atoms with E-state index in [9.17, 15) is 14.1 Å². The van der Waals surface area contributed by atoms with E-state index in [1.807, 2.05) is 30.3 Å². The minimum atomic E-state index is -1.31. The molecule has 0 bridgehead atoms. The third-order valence-electron chi connectivity index (χ3n) is 4.14. The molecule has 0 aromatic heterocycles. The standard InChI is InChI=1S/C15H16BrNO4S/c1-15(2)11(17-12(18)10(16)13(17)22(15)20)14(19)21-8-9-6-4-3-5-7-9/h3-7,10-11,13H,8H2,1-2H3/t10-,11-,13+,22?/m0/s1. The van der Waals surface area contributed by atoms with Gasteiger partial charge in [0, 0.05) is 0 Å². The largest absolute Gasteiger partial charge is 0.614 e. The predicted octanol–water partition coefficient (Wildman–Crippen LogP) is 1.57. The number of amides is 1. The zero-order valence-corrected chi connectivity index (χ0v) is 14.6. The third kappa shape index (κ3) is 2.26. The van der Waals surface area contributed by atoms with Crippen molar-refractivity contribution in [1.82, 2.24) is 4.90 Å². The average Bonchev–Trinajstić information content (AvgIpc) is 2.70. The van der Waals surface area contributed by atoms with Gasteiger partial charge in [-0.15, -0.1) is 0 Å². The van der Waals surface area contributed by atoms with E-state index in [1.165, 1.54) is 4.90 Å². The Morgan fingerprint density at radius 1 is 1.41 bits per heavy atom. The van der Waals surface area contributed by atoms with E-state index in [1.54, 1.807) is 13.8 Å². The maximum Gasteiger partial charge on any atom is 0.334 e. The molecule has 0 radical (unpaired) electrons. The highest BCUT2D eigenvalue weighted by atomic mass is 79.9. The van der Waals surface area contributed by atoms with Gasteiger partial charge in [0.1, 0.15) is 6.61 Å². The summed E-state index contributed by atoms with van der Waals surface area (Å²) in [6.45, 7) is 3.62. The van der Waals surface area contributed by atoms with Crippen molar-refractivity contribution in [2.75, 3.05) is 0 Å². The fourth-order valence-corrected chi connectivity index (χ4v) is 5.79. The molecule has 22 heavy (non-hydrogen) atoms. The second kappa shape index (κ2) is 5.54. The summed E-state index contributed by atoms with van der Waals surface area (Å²) >= 11 is 1.93. The summed E-state index contributed by atoms with van der Waals surface area (Å²) in [7, 11) is 0. The number of halogens is 1. The molecule has 1 amide bonds. The Balaban J connectivity index is 1.75. The number of hydrogen-bond acceptors (Lipinski definition) is 4. The monoisotopic (exact) mass is 385 g/mol. The van der Waals surface area contributed by atoms with Crippen molar-refractivity contribution in [2.45, 2.75) is 41.4 Å². The van der Waals surface area contributed by atoms with Crippen molar-refractivity contribution in [3.63, 3.8) is 0 Å². The van der Waals surface area contributed by atoms with Crippen LogP contribution in [0.3, 0.4) is 0 Å². The topological polar surface area (TPSA) is 69.7 Å². The maximum atomic E-state index is 12.5. The van der Waals surface area contributed by atoms with Crippen LogP contribution >= 0.6 is 15.9 Å². The molecule has 2 aliphatic heterocycles. The molecule has 4 atom stereocenters. The first-order chi connectivity index (χ1) is 10.4. The molecule has 1 unspecified atom stereocenters. The SMILES string of the molecule is CC1(C)[C@H](C(=O)OCc2ccccc2)N2C(=O)[C@H](Br)[C@H]2[S+]1[O-]. The van der Waals surface area contributed by atoms with E-state index in [0.717, 1.165) is 5.56 Å². The second-order valence-corrected chi connectivity index (χ2v) is 9.05. The normalized spacial score (nSPS) is 32.4. The van der Waals surface area contributed by atoms with Gasteiger partial charge in [-0.1, -0.05) is 46.3 Å². The molecule has 0 N–H and O–H groups in total. The van der Waals surface area contributed by atoms with Gasteiger partial charge in [0.25, 0.3) is 0 Å². The van der Waals surface area contributed by atoms with Crippen molar-refractivity contribution < 1.29 is 18.9 Å². The fraction of sp³-hybridized carbons (Fsp3) is 0.467. The summed E-state index contributed by atoms with van der Waals surface area (Å²) in [5.74, 6) is -0.706. The Morgan fingerprint density at radius 3 is 2.68 bits per heavy atom. The van der Waals surface area contributed by atoms with Crippen molar-refractivity contribution in [2.24, 2.45) is 0 Å². The smallest absolute Gasteiger partial charge is 0.334 e. The highest BCUT2D eigenvalue weighted by Gasteiger charge is 2.72. The molecule has 0 spiro atoms. The minimum absolute atomic E-state index is 0.142. The van der Waals surface area contributed by atoms with Gasteiger partial charge in [0.2, 0.25) is 11.3 Å². The molecule has 1 aromatic carbocycles. The Bertz CT molecular complexity index is 609. The number of alkyl halides is 1. The molecule has 1 aromatic rings. The quantitative estimate of drug-likeness (QED) is 0.342. The van der Waals surface area contributed by atoms with Gasteiger partial charge in [-0.3, -0.25) is 9.69 Å². The number of hydrogen-bond donors (Lipinski definition) is 0.